The van der Waals surface area contributed by atoms with Crippen molar-refractivity contribution in [2.75, 3.05) is 30.1 Å². The number of halogens is 4. The van der Waals surface area contributed by atoms with E-state index in [2.05, 4.69) is 15.2 Å². The quantitative estimate of drug-likeness (QED) is 0.180. The number of ether oxygens (including phenoxy) is 2. The summed E-state index contributed by atoms with van der Waals surface area (Å²) < 4.78 is 73.9. The molecule has 0 saturated heterocycles. The largest absolute Gasteiger partial charge is 0.573 e. The zero-order valence-corrected chi connectivity index (χ0v) is 28.7. The van der Waals surface area contributed by atoms with Crippen LogP contribution in [0.25, 0.3) is 0 Å². The lowest BCUT2D eigenvalue weighted by molar-refractivity contribution is -0.274. The van der Waals surface area contributed by atoms with E-state index in [4.69, 9.17) is 21.2 Å². The molecule has 0 radical (unpaired) electrons. The third-order valence-corrected chi connectivity index (χ3v) is 9.01. The highest BCUT2D eigenvalue weighted by Crippen LogP contribution is 2.57. The van der Waals surface area contributed by atoms with Crippen molar-refractivity contribution >= 4 is 50.5 Å². The minimum atomic E-state index is -4.90. The number of carbonyl (C=O) groups excluding carboxylic acids is 2. The molecule has 1 atom stereocenters. The van der Waals surface area contributed by atoms with Crippen LogP contribution in [-0.2, 0) is 29.9 Å². The summed E-state index contributed by atoms with van der Waals surface area (Å²) in [7, 11) is -2.39. The van der Waals surface area contributed by atoms with Crippen LogP contribution in [0.5, 0.6) is 11.5 Å². The molecular weight excluding hydrogens is 689 g/mol. The average molecular weight is 723 g/mol. The van der Waals surface area contributed by atoms with Crippen LogP contribution in [0.15, 0.2) is 65.8 Å². The Morgan fingerprint density at radius 1 is 1.02 bits per heavy atom. The van der Waals surface area contributed by atoms with Crippen molar-refractivity contribution in [1.29, 1.82) is 0 Å². The Hall–Kier alpha value is -4.50. The number of nitrogens with one attached hydrogen (secondary N) is 2. The molecule has 0 aromatic heterocycles. The third-order valence-electron chi connectivity index (χ3n) is 8.20. The lowest BCUT2D eigenvalue weighted by atomic mass is 9.99. The fourth-order valence-electron chi connectivity index (χ4n) is 5.47. The topological polar surface area (TPSA) is 136 Å². The number of carbonyl (C=O) groups is 2. The number of alkyl halides is 3. The van der Waals surface area contributed by atoms with Crippen molar-refractivity contribution in [1.82, 2.24) is 4.72 Å². The van der Waals surface area contributed by atoms with E-state index in [1.165, 1.54) is 38.0 Å². The van der Waals surface area contributed by atoms with Crippen LogP contribution in [0.2, 0.25) is 5.02 Å². The van der Waals surface area contributed by atoms with Gasteiger partial charge in [0.15, 0.2) is 0 Å². The molecule has 2 N–H and O–H groups in total. The van der Waals surface area contributed by atoms with Gasteiger partial charge in [-0.2, -0.15) is 0 Å². The summed E-state index contributed by atoms with van der Waals surface area (Å²) in [6.07, 6.45) is -2.49. The molecule has 11 nitrogen and oxygen atoms in total. The van der Waals surface area contributed by atoms with E-state index in [-0.39, 0.29) is 17.7 Å². The van der Waals surface area contributed by atoms with Gasteiger partial charge in [-0.05, 0) is 75.1 Å². The number of hydrogen-bond acceptors (Lipinski definition) is 9. The zero-order chi connectivity index (χ0) is 35.9. The highest BCUT2D eigenvalue weighted by atomic mass is 35.5. The first-order valence-corrected chi connectivity index (χ1v) is 17.2. The van der Waals surface area contributed by atoms with E-state index in [0.717, 1.165) is 24.7 Å². The maximum Gasteiger partial charge on any atom is 0.573 e. The molecule has 1 heterocycles. The Bertz CT molecular complexity index is 1910. The summed E-state index contributed by atoms with van der Waals surface area (Å²) in [4.78, 5) is 33.8. The van der Waals surface area contributed by atoms with Crippen molar-refractivity contribution in [3.63, 3.8) is 0 Å². The van der Waals surface area contributed by atoms with Crippen LogP contribution >= 0.6 is 11.6 Å². The first-order chi connectivity index (χ1) is 22.8. The highest BCUT2D eigenvalue weighted by molar-refractivity contribution is 7.89. The SMILES string of the molecule is COc1cc(NC(C(=O)N2CC3(CC3)c3ccc(OC(F)(F)F)cc32)c2ccc(Cl)cc2)cc(C(C)=NOC(C)(C)C(=O)NS(C)(=O)=O)c1. The molecule has 1 fully saturated rings. The van der Waals surface area contributed by atoms with E-state index in [1.54, 1.807) is 55.5 Å². The minimum absolute atomic E-state index is 0.289. The first kappa shape index (κ1) is 35.8. The molecule has 2 aliphatic rings. The summed E-state index contributed by atoms with van der Waals surface area (Å²) in [5.41, 5.74) is 0.862. The van der Waals surface area contributed by atoms with Gasteiger partial charge >= 0.3 is 6.36 Å². The molecule has 2 amide bonds. The van der Waals surface area contributed by atoms with Crippen molar-refractivity contribution in [2.24, 2.45) is 5.16 Å². The number of anilines is 2. The van der Waals surface area contributed by atoms with Crippen molar-refractivity contribution in [2.45, 2.75) is 57.0 Å². The second kappa shape index (κ2) is 13.1. The number of oxime groups is 1. The fraction of sp³-hybridized carbons (Fsp3) is 0.364. The highest BCUT2D eigenvalue weighted by Gasteiger charge is 2.54. The molecule has 262 valence electrons. The predicted octanol–water partition coefficient (Wildman–Crippen LogP) is 6.07. The predicted molar refractivity (Wildman–Crippen MR) is 178 cm³/mol. The van der Waals surface area contributed by atoms with Crippen LogP contribution in [0.4, 0.5) is 24.5 Å². The Morgan fingerprint density at radius 2 is 1.69 bits per heavy atom. The summed E-state index contributed by atoms with van der Waals surface area (Å²) >= 11 is 6.16. The van der Waals surface area contributed by atoms with Gasteiger partial charge in [-0.25, -0.2) is 13.1 Å². The van der Waals surface area contributed by atoms with Gasteiger partial charge in [-0.3, -0.25) is 9.59 Å². The molecule has 1 aliphatic carbocycles. The Morgan fingerprint density at radius 3 is 2.29 bits per heavy atom. The molecule has 1 aliphatic heterocycles. The lowest BCUT2D eigenvalue weighted by Crippen LogP contribution is -2.45. The number of sulfonamides is 1. The molecule has 1 unspecified atom stereocenters. The van der Waals surface area contributed by atoms with Crippen LogP contribution < -0.4 is 24.4 Å². The molecule has 3 aromatic rings. The third kappa shape index (κ3) is 8.39. The smallest absolute Gasteiger partial charge is 0.497 e. The summed E-state index contributed by atoms with van der Waals surface area (Å²) in [5, 5.41) is 7.75. The first-order valence-electron chi connectivity index (χ1n) is 15.0. The number of benzene rings is 3. The van der Waals surface area contributed by atoms with Gasteiger partial charge in [-0.1, -0.05) is 35.0 Å². The number of fused-ring (bicyclic) bond motifs is 2. The van der Waals surface area contributed by atoms with Gasteiger partial charge in [-0.15, -0.1) is 13.2 Å². The molecule has 3 aromatic carbocycles. The summed E-state index contributed by atoms with van der Waals surface area (Å²) in [6.45, 7) is 4.59. The number of amides is 2. The number of hydrogen-bond donors (Lipinski definition) is 2. The normalized spacial score (nSPS) is 16.1. The van der Waals surface area contributed by atoms with Gasteiger partial charge in [0.25, 0.3) is 11.8 Å². The van der Waals surface area contributed by atoms with E-state index >= 15 is 0 Å². The monoisotopic (exact) mass is 722 g/mol. The van der Waals surface area contributed by atoms with E-state index < -0.39 is 45.6 Å². The zero-order valence-electron chi connectivity index (χ0n) is 27.1. The van der Waals surface area contributed by atoms with E-state index in [0.29, 0.717) is 33.3 Å². The van der Waals surface area contributed by atoms with Crippen LogP contribution in [0.3, 0.4) is 0 Å². The van der Waals surface area contributed by atoms with E-state index in [1.807, 2.05) is 4.72 Å². The van der Waals surface area contributed by atoms with Crippen molar-refractivity contribution < 1.29 is 45.5 Å². The maximum absolute atomic E-state index is 14.5. The Labute approximate surface area is 286 Å². The van der Waals surface area contributed by atoms with Gasteiger partial charge in [0.05, 0.1) is 24.8 Å². The number of rotatable bonds is 11. The van der Waals surface area contributed by atoms with Gasteiger partial charge < -0.3 is 24.5 Å². The average Bonchev–Trinajstić information content (AvgIpc) is 3.72. The van der Waals surface area contributed by atoms with Gasteiger partial charge in [0.1, 0.15) is 17.5 Å². The molecule has 16 heteroatoms. The van der Waals surface area contributed by atoms with Gasteiger partial charge in [0.2, 0.25) is 15.6 Å². The van der Waals surface area contributed by atoms with Crippen molar-refractivity contribution in [3.05, 3.63) is 82.4 Å². The summed E-state index contributed by atoms with van der Waals surface area (Å²) in [5.74, 6) is -1.39. The second-order valence-electron chi connectivity index (χ2n) is 12.5. The molecule has 1 saturated carbocycles. The van der Waals surface area contributed by atoms with Crippen LogP contribution in [0, 0.1) is 0 Å². The maximum atomic E-state index is 14.5. The number of nitrogens with zero attached hydrogens (tertiary/aromatic N) is 2. The summed E-state index contributed by atoms with van der Waals surface area (Å²) in [6, 6.07) is 14.6. The minimum Gasteiger partial charge on any atom is -0.497 e. The Kier molecular flexibility index (Phi) is 9.56. The molecule has 49 heavy (non-hydrogen) atoms. The second-order valence-corrected chi connectivity index (χ2v) is 14.7. The molecule has 0 bridgehead atoms. The van der Waals surface area contributed by atoms with Crippen molar-refractivity contribution in [3.8, 4) is 11.5 Å². The standard InChI is InChI=1S/C33H34ClF3N4O7S/c1-19(39-48-31(2,3)30(43)40-49(5,44)45)21-14-23(16-25(15-21)46-4)38-28(20-6-8-22(34)9-7-20)29(42)41-18-32(12-13-32)26-11-10-24(17-27(26)41)47-33(35,36)37/h6-11,14-17,28,38H,12-13,18H2,1-5H3,(H,40,43). The molecular formula is C33H34ClF3N4O7S. The fourth-order valence-corrected chi connectivity index (χ4v) is 6.18. The van der Waals surface area contributed by atoms with E-state index in [9.17, 15) is 31.2 Å². The molecule has 1 spiro atoms. The lowest BCUT2D eigenvalue weighted by Gasteiger charge is -2.27. The Balaban J connectivity index is 1.48. The van der Waals surface area contributed by atoms with Gasteiger partial charge in [0, 0.05) is 40.4 Å². The van der Waals surface area contributed by atoms with Crippen LogP contribution in [-0.4, -0.2) is 57.8 Å². The van der Waals surface area contributed by atoms with Crippen LogP contribution in [0.1, 0.15) is 56.3 Å². The molecule has 5 rings (SSSR count). The number of methoxy groups -OCH3 is 1.